The number of hydrogen-bond donors (Lipinski definition) is 1. The van der Waals surface area contributed by atoms with E-state index in [4.69, 9.17) is 6.42 Å². The van der Waals surface area contributed by atoms with Gasteiger partial charge in [0.15, 0.2) is 0 Å². The zero-order valence-electron chi connectivity index (χ0n) is 12.3. The van der Waals surface area contributed by atoms with Crippen LogP contribution in [0.3, 0.4) is 0 Å². The summed E-state index contributed by atoms with van der Waals surface area (Å²) in [6.07, 6.45) is 7.71. The van der Waals surface area contributed by atoms with Gasteiger partial charge in [0.05, 0.1) is 6.54 Å². The van der Waals surface area contributed by atoms with E-state index in [9.17, 15) is 0 Å². The Morgan fingerprint density at radius 2 is 1.90 bits per heavy atom. The van der Waals surface area contributed by atoms with Crippen molar-refractivity contribution in [2.75, 3.05) is 19.6 Å². The lowest BCUT2D eigenvalue weighted by Crippen LogP contribution is -2.49. The first-order valence-corrected chi connectivity index (χ1v) is 8.00. The zero-order chi connectivity index (χ0) is 14.6. The summed E-state index contributed by atoms with van der Waals surface area (Å²) in [5.41, 5.74) is 1.33. The maximum Gasteiger partial charge on any atom is 0.0598 e. The quantitative estimate of drug-likeness (QED) is 0.849. The molecule has 0 saturated carbocycles. The van der Waals surface area contributed by atoms with Crippen molar-refractivity contribution in [3.63, 3.8) is 0 Å². The smallest absolute Gasteiger partial charge is 0.0598 e. The molecule has 0 radical (unpaired) electrons. The predicted octanol–water partition coefficient (Wildman–Crippen LogP) is 3.37. The molecule has 1 aliphatic heterocycles. The van der Waals surface area contributed by atoms with Gasteiger partial charge in [-0.25, -0.2) is 0 Å². The third-order valence-corrected chi connectivity index (χ3v) is 4.56. The molecule has 0 bridgehead atoms. The van der Waals surface area contributed by atoms with Crippen LogP contribution in [0.5, 0.6) is 0 Å². The van der Waals surface area contributed by atoms with Crippen LogP contribution in [0.2, 0.25) is 0 Å². The Hall–Kier alpha value is -0.820. The molecule has 1 fully saturated rings. The van der Waals surface area contributed by atoms with Crippen LogP contribution < -0.4 is 5.32 Å². The lowest BCUT2D eigenvalue weighted by molar-refractivity contribution is 0.193. The van der Waals surface area contributed by atoms with Crippen LogP contribution in [0, 0.1) is 12.3 Å². The topological polar surface area (TPSA) is 15.3 Å². The number of terminal acetylenes is 1. The van der Waals surface area contributed by atoms with Crippen LogP contribution in [0.1, 0.15) is 32.3 Å². The van der Waals surface area contributed by atoms with Crippen LogP contribution in [0.25, 0.3) is 0 Å². The van der Waals surface area contributed by atoms with Gasteiger partial charge in [-0.1, -0.05) is 34.0 Å². The molecule has 0 aliphatic carbocycles. The molecule has 1 aromatic rings. The molecule has 108 valence electrons. The van der Waals surface area contributed by atoms with Crippen molar-refractivity contribution >= 4 is 15.9 Å². The summed E-state index contributed by atoms with van der Waals surface area (Å²) in [7, 11) is 0. The van der Waals surface area contributed by atoms with E-state index in [1.165, 1.54) is 18.4 Å². The minimum Gasteiger partial charge on any atom is -0.305 e. The second-order valence-corrected chi connectivity index (χ2v) is 6.95. The number of nitrogens with zero attached hydrogens (tertiary/aromatic N) is 1. The molecule has 0 spiro atoms. The average Bonchev–Trinajstić information content (AvgIpc) is 2.41. The molecule has 3 heteroatoms. The SMILES string of the molecule is C#CCN1CCC(NC(C)(C)c2ccc(Br)cc2)CC1. The van der Waals surface area contributed by atoms with Gasteiger partial charge in [-0.05, 0) is 44.4 Å². The zero-order valence-corrected chi connectivity index (χ0v) is 13.9. The highest BCUT2D eigenvalue weighted by atomic mass is 79.9. The Morgan fingerprint density at radius 1 is 1.30 bits per heavy atom. The molecule has 1 saturated heterocycles. The minimum absolute atomic E-state index is 0.000343. The van der Waals surface area contributed by atoms with Gasteiger partial charge in [0.2, 0.25) is 0 Å². The summed E-state index contributed by atoms with van der Waals surface area (Å²) in [5.74, 6) is 2.73. The third kappa shape index (κ3) is 4.09. The van der Waals surface area contributed by atoms with E-state index in [1.807, 2.05) is 0 Å². The summed E-state index contributed by atoms with van der Waals surface area (Å²) in [6, 6.07) is 9.15. The van der Waals surface area contributed by atoms with Crippen LogP contribution in [-0.2, 0) is 5.54 Å². The summed E-state index contributed by atoms with van der Waals surface area (Å²) >= 11 is 3.49. The van der Waals surface area contributed by atoms with E-state index < -0.39 is 0 Å². The Kier molecular flexibility index (Phi) is 5.26. The Balaban J connectivity index is 1.92. The van der Waals surface area contributed by atoms with Crippen LogP contribution in [0.15, 0.2) is 28.7 Å². The molecule has 1 N–H and O–H groups in total. The second-order valence-electron chi connectivity index (χ2n) is 6.03. The summed E-state index contributed by atoms with van der Waals surface area (Å²) in [5, 5.41) is 3.80. The lowest BCUT2D eigenvalue weighted by atomic mass is 9.91. The molecular formula is C17H23BrN2. The van der Waals surface area contributed by atoms with Gasteiger partial charge in [-0.15, -0.1) is 6.42 Å². The van der Waals surface area contributed by atoms with Gasteiger partial charge in [-0.2, -0.15) is 0 Å². The van der Waals surface area contributed by atoms with Crippen molar-refractivity contribution in [2.24, 2.45) is 0 Å². The maximum absolute atomic E-state index is 5.37. The highest BCUT2D eigenvalue weighted by molar-refractivity contribution is 9.10. The van der Waals surface area contributed by atoms with Crippen molar-refractivity contribution in [1.29, 1.82) is 0 Å². The highest BCUT2D eigenvalue weighted by Crippen LogP contribution is 2.24. The fraction of sp³-hybridized carbons (Fsp3) is 0.529. The molecule has 0 atom stereocenters. The molecule has 1 aliphatic rings. The lowest BCUT2D eigenvalue weighted by Gasteiger charge is -2.37. The second kappa shape index (κ2) is 6.76. The van der Waals surface area contributed by atoms with E-state index >= 15 is 0 Å². The number of hydrogen-bond acceptors (Lipinski definition) is 2. The Labute approximate surface area is 131 Å². The maximum atomic E-state index is 5.37. The molecule has 0 unspecified atom stereocenters. The molecular weight excluding hydrogens is 312 g/mol. The molecule has 2 rings (SSSR count). The largest absolute Gasteiger partial charge is 0.305 e. The van der Waals surface area contributed by atoms with Gasteiger partial charge in [0.1, 0.15) is 0 Å². The third-order valence-electron chi connectivity index (χ3n) is 4.03. The first-order chi connectivity index (χ1) is 9.51. The average molecular weight is 335 g/mol. The van der Waals surface area contributed by atoms with E-state index in [0.29, 0.717) is 6.04 Å². The molecule has 20 heavy (non-hydrogen) atoms. The van der Waals surface area contributed by atoms with Gasteiger partial charge in [0, 0.05) is 29.1 Å². The Morgan fingerprint density at radius 3 is 2.45 bits per heavy atom. The van der Waals surface area contributed by atoms with Crippen LogP contribution in [0.4, 0.5) is 0 Å². The van der Waals surface area contributed by atoms with Crippen LogP contribution >= 0.6 is 15.9 Å². The molecule has 0 amide bonds. The first kappa shape index (κ1) is 15.6. The number of rotatable bonds is 4. The van der Waals surface area contributed by atoms with Gasteiger partial charge in [-0.3, -0.25) is 4.90 Å². The van der Waals surface area contributed by atoms with Crippen LogP contribution in [-0.4, -0.2) is 30.6 Å². The van der Waals surface area contributed by atoms with E-state index in [-0.39, 0.29) is 5.54 Å². The summed E-state index contributed by atoms with van der Waals surface area (Å²) in [6.45, 7) is 7.48. The molecule has 1 heterocycles. The number of benzene rings is 1. The van der Waals surface area contributed by atoms with Crippen molar-refractivity contribution in [3.05, 3.63) is 34.3 Å². The predicted molar refractivity (Wildman–Crippen MR) is 88.6 cm³/mol. The fourth-order valence-electron chi connectivity index (χ4n) is 2.82. The van der Waals surface area contributed by atoms with Crippen molar-refractivity contribution < 1.29 is 0 Å². The van der Waals surface area contributed by atoms with Crippen molar-refractivity contribution in [3.8, 4) is 12.3 Å². The van der Waals surface area contributed by atoms with E-state index in [2.05, 4.69) is 70.2 Å². The van der Waals surface area contributed by atoms with Crippen molar-refractivity contribution in [1.82, 2.24) is 10.2 Å². The van der Waals surface area contributed by atoms with Gasteiger partial charge < -0.3 is 5.32 Å². The standard InChI is InChI=1S/C17H23BrN2/c1-4-11-20-12-9-16(10-13-20)19-17(2,3)14-5-7-15(18)8-6-14/h1,5-8,16,19H,9-13H2,2-3H3. The molecule has 1 aromatic carbocycles. The summed E-state index contributed by atoms with van der Waals surface area (Å²) in [4.78, 5) is 2.35. The van der Waals surface area contributed by atoms with E-state index in [1.54, 1.807) is 0 Å². The molecule has 0 aromatic heterocycles. The number of likely N-dealkylation sites (tertiary alicyclic amines) is 1. The number of nitrogens with one attached hydrogen (secondary N) is 1. The number of piperidine rings is 1. The normalized spacial score (nSPS) is 17.9. The monoisotopic (exact) mass is 334 g/mol. The van der Waals surface area contributed by atoms with Gasteiger partial charge in [0.25, 0.3) is 0 Å². The highest BCUT2D eigenvalue weighted by Gasteiger charge is 2.26. The molecule has 2 nitrogen and oxygen atoms in total. The van der Waals surface area contributed by atoms with Crippen molar-refractivity contribution in [2.45, 2.75) is 38.3 Å². The Bertz CT molecular complexity index is 465. The minimum atomic E-state index is -0.000343. The van der Waals surface area contributed by atoms with Gasteiger partial charge >= 0.3 is 0 Å². The first-order valence-electron chi connectivity index (χ1n) is 7.21. The summed E-state index contributed by atoms with van der Waals surface area (Å²) < 4.78 is 1.12. The van der Waals surface area contributed by atoms with E-state index in [0.717, 1.165) is 24.1 Å². The number of halogens is 1. The fourth-order valence-corrected chi connectivity index (χ4v) is 3.09.